The standard InChI is InChI=1S/C10H16N2/c1-7(2)11-9(5)10(6)12-8(3)4/h5-6H2,1-4H3. The summed E-state index contributed by atoms with van der Waals surface area (Å²) < 4.78 is 0. The highest BCUT2D eigenvalue weighted by molar-refractivity contribution is 5.82. The van der Waals surface area contributed by atoms with Crippen LogP contribution in [0.15, 0.2) is 34.5 Å². The summed E-state index contributed by atoms with van der Waals surface area (Å²) in [6.07, 6.45) is 0. The van der Waals surface area contributed by atoms with Gasteiger partial charge in [-0.2, -0.15) is 0 Å². The van der Waals surface area contributed by atoms with Crippen LogP contribution in [0.4, 0.5) is 0 Å². The van der Waals surface area contributed by atoms with Crippen LogP contribution in [0.2, 0.25) is 0 Å². The summed E-state index contributed by atoms with van der Waals surface area (Å²) in [4.78, 5) is 8.29. The fourth-order valence-electron chi connectivity index (χ4n) is 0.669. The molecule has 0 bridgehead atoms. The van der Waals surface area contributed by atoms with Gasteiger partial charge in [0.15, 0.2) is 0 Å². The Kier molecular flexibility index (Phi) is 4.19. The largest absolute Gasteiger partial charge is 0.257 e. The van der Waals surface area contributed by atoms with E-state index in [0.29, 0.717) is 11.4 Å². The molecular weight excluding hydrogens is 148 g/mol. The second kappa shape index (κ2) is 4.65. The molecule has 2 heteroatoms. The summed E-state index contributed by atoms with van der Waals surface area (Å²) in [5, 5.41) is 0. The molecule has 0 unspecified atom stereocenters. The predicted octanol–water partition coefficient (Wildman–Crippen LogP) is 2.98. The van der Waals surface area contributed by atoms with E-state index in [-0.39, 0.29) is 0 Å². The quantitative estimate of drug-likeness (QED) is 0.452. The number of aliphatic imine (C=N–C) groups is 2. The van der Waals surface area contributed by atoms with Crippen LogP contribution >= 0.6 is 0 Å². The zero-order valence-corrected chi connectivity index (χ0v) is 8.31. The molecule has 0 aliphatic rings. The Morgan fingerprint density at radius 3 is 1.17 bits per heavy atom. The molecule has 0 fully saturated rings. The van der Waals surface area contributed by atoms with Crippen LogP contribution in [-0.2, 0) is 0 Å². The molecular formula is C10H16N2. The van der Waals surface area contributed by atoms with Crippen molar-refractivity contribution in [3.05, 3.63) is 24.6 Å². The number of nitrogens with zero attached hydrogens (tertiary/aromatic N) is 2. The van der Waals surface area contributed by atoms with Crippen LogP contribution in [0.3, 0.4) is 0 Å². The zero-order valence-electron chi connectivity index (χ0n) is 8.31. The molecule has 0 N–H and O–H groups in total. The summed E-state index contributed by atoms with van der Waals surface area (Å²) in [5.74, 6) is 0. The first-order chi connectivity index (χ1) is 5.43. The SMILES string of the molecule is C=C(N=C(C)C)C(=C)N=C(C)C. The van der Waals surface area contributed by atoms with Gasteiger partial charge in [0.1, 0.15) is 0 Å². The minimum atomic E-state index is 0.635. The fraction of sp³-hybridized carbons (Fsp3) is 0.400. The van der Waals surface area contributed by atoms with Gasteiger partial charge in [-0.15, -0.1) is 0 Å². The number of hydrogen-bond donors (Lipinski definition) is 0. The van der Waals surface area contributed by atoms with E-state index in [0.717, 1.165) is 11.4 Å². The topological polar surface area (TPSA) is 24.7 Å². The lowest BCUT2D eigenvalue weighted by molar-refractivity contribution is 1.25. The first-order valence-electron chi connectivity index (χ1n) is 3.85. The molecule has 0 aliphatic heterocycles. The van der Waals surface area contributed by atoms with E-state index in [2.05, 4.69) is 23.1 Å². The van der Waals surface area contributed by atoms with Crippen molar-refractivity contribution in [3.8, 4) is 0 Å². The van der Waals surface area contributed by atoms with Gasteiger partial charge in [-0.05, 0) is 27.7 Å². The third-order valence-corrected chi connectivity index (χ3v) is 1.05. The number of rotatable bonds is 3. The van der Waals surface area contributed by atoms with Gasteiger partial charge in [-0.1, -0.05) is 13.2 Å². The van der Waals surface area contributed by atoms with Crippen LogP contribution in [-0.4, -0.2) is 11.4 Å². The van der Waals surface area contributed by atoms with E-state index in [1.54, 1.807) is 0 Å². The van der Waals surface area contributed by atoms with E-state index in [1.165, 1.54) is 0 Å². The minimum absolute atomic E-state index is 0.635. The van der Waals surface area contributed by atoms with Crippen LogP contribution in [0, 0.1) is 0 Å². The van der Waals surface area contributed by atoms with Gasteiger partial charge >= 0.3 is 0 Å². The lowest BCUT2D eigenvalue weighted by Gasteiger charge is -1.99. The number of hydrogen-bond acceptors (Lipinski definition) is 2. The molecule has 0 atom stereocenters. The monoisotopic (exact) mass is 164 g/mol. The maximum absolute atomic E-state index is 4.15. The highest BCUT2D eigenvalue weighted by Gasteiger charge is 1.94. The Morgan fingerprint density at radius 1 is 0.750 bits per heavy atom. The Hall–Kier alpha value is -1.18. The van der Waals surface area contributed by atoms with Crippen molar-refractivity contribution in [1.29, 1.82) is 0 Å². The van der Waals surface area contributed by atoms with Crippen molar-refractivity contribution in [2.75, 3.05) is 0 Å². The third kappa shape index (κ3) is 4.61. The third-order valence-electron chi connectivity index (χ3n) is 1.05. The molecule has 0 aromatic heterocycles. The molecule has 0 aromatic rings. The van der Waals surface area contributed by atoms with Gasteiger partial charge in [-0.25, -0.2) is 0 Å². The zero-order chi connectivity index (χ0) is 9.72. The van der Waals surface area contributed by atoms with Crippen molar-refractivity contribution in [3.63, 3.8) is 0 Å². The normalized spacial score (nSPS) is 8.67. The molecule has 0 radical (unpaired) electrons. The van der Waals surface area contributed by atoms with E-state index < -0.39 is 0 Å². The smallest absolute Gasteiger partial charge is 0.0807 e. The van der Waals surface area contributed by atoms with Gasteiger partial charge in [0, 0.05) is 11.4 Å². The molecule has 0 heterocycles. The molecule has 2 nitrogen and oxygen atoms in total. The molecule has 0 aliphatic carbocycles. The van der Waals surface area contributed by atoms with Crippen LogP contribution in [0.5, 0.6) is 0 Å². The highest BCUT2D eigenvalue weighted by atomic mass is 14.8. The maximum Gasteiger partial charge on any atom is 0.0807 e. The molecule has 66 valence electrons. The summed E-state index contributed by atoms with van der Waals surface area (Å²) in [7, 11) is 0. The van der Waals surface area contributed by atoms with Gasteiger partial charge in [-0.3, -0.25) is 9.98 Å². The lowest BCUT2D eigenvalue weighted by Crippen LogP contribution is -1.88. The molecule has 0 aromatic carbocycles. The second-order valence-electron chi connectivity index (χ2n) is 3.01. The fourth-order valence-corrected chi connectivity index (χ4v) is 0.669. The van der Waals surface area contributed by atoms with Crippen molar-refractivity contribution in [2.45, 2.75) is 27.7 Å². The molecule has 0 saturated heterocycles. The molecule has 0 amide bonds. The summed E-state index contributed by atoms with van der Waals surface area (Å²) in [6, 6.07) is 0. The summed E-state index contributed by atoms with van der Waals surface area (Å²) >= 11 is 0. The van der Waals surface area contributed by atoms with Gasteiger partial charge in [0.05, 0.1) is 11.4 Å². The second-order valence-corrected chi connectivity index (χ2v) is 3.01. The van der Waals surface area contributed by atoms with Crippen LogP contribution < -0.4 is 0 Å². The first-order valence-corrected chi connectivity index (χ1v) is 3.85. The van der Waals surface area contributed by atoms with Gasteiger partial charge in [0.25, 0.3) is 0 Å². The van der Waals surface area contributed by atoms with Crippen molar-refractivity contribution in [1.82, 2.24) is 0 Å². The molecule has 0 saturated carbocycles. The Morgan fingerprint density at radius 2 is 1.00 bits per heavy atom. The summed E-state index contributed by atoms with van der Waals surface area (Å²) in [5.41, 5.74) is 3.20. The van der Waals surface area contributed by atoms with Crippen LogP contribution in [0.25, 0.3) is 0 Å². The maximum atomic E-state index is 4.15. The Labute approximate surface area is 74.4 Å². The van der Waals surface area contributed by atoms with E-state index in [1.807, 2.05) is 27.7 Å². The van der Waals surface area contributed by atoms with Crippen molar-refractivity contribution >= 4 is 11.4 Å². The van der Waals surface area contributed by atoms with E-state index >= 15 is 0 Å². The first kappa shape index (κ1) is 10.8. The van der Waals surface area contributed by atoms with Gasteiger partial charge in [0.2, 0.25) is 0 Å². The van der Waals surface area contributed by atoms with Crippen molar-refractivity contribution in [2.24, 2.45) is 9.98 Å². The average molecular weight is 164 g/mol. The highest BCUT2D eigenvalue weighted by Crippen LogP contribution is 2.08. The molecule has 12 heavy (non-hydrogen) atoms. The lowest BCUT2D eigenvalue weighted by atomic mass is 10.3. The minimum Gasteiger partial charge on any atom is -0.257 e. The van der Waals surface area contributed by atoms with Crippen molar-refractivity contribution < 1.29 is 0 Å². The average Bonchev–Trinajstić information content (AvgIpc) is 1.84. The Balaban J connectivity index is 4.43. The molecule has 0 spiro atoms. The van der Waals surface area contributed by atoms with Crippen LogP contribution in [0.1, 0.15) is 27.7 Å². The molecule has 0 rings (SSSR count). The summed E-state index contributed by atoms with van der Waals surface area (Å²) in [6.45, 7) is 15.2. The van der Waals surface area contributed by atoms with Gasteiger partial charge < -0.3 is 0 Å². The Bertz CT molecular complexity index is 221. The van der Waals surface area contributed by atoms with E-state index in [9.17, 15) is 0 Å². The predicted molar refractivity (Wildman–Crippen MR) is 55.8 cm³/mol. The van der Waals surface area contributed by atoms with E-state index in [4.69, 9.17) is 0 Å².